The van der Waals surface area contributed by atoms with Gasteiger partial charge in [-0.1, -0.05) is 38.1 Å². The van der Waals surface area contributed by atoms with Crippen LogP contribution < -0.4 is 19.1 Å². The summed E-state index contributed by atoms with van der Waals surface area (Å²) in [5, 5.41) is 3.00. The summed E-state index contributed by atoms with van der Waals surface area (Å²) in [6, 6.07) is 13.7. The quantitative estimate of drug-likeness (QED) is 0.327. The molecule has 0 aliphatic rings. The number of hydrogen-bond acceptors (Lipinski definition) is 6. The summed E-state index contributed by atoms with van der Waals surface area (Å²) in [5.41, 5.74) is 1.27. The zero-order valence-corrected chi connectivity index (χ0v) is 24.8. The van der Waals surface area contributed by atoms with Gasteiger partial charge in [0.1, 0.15) is 17.5 Å². The summed E-state index contributed by atoms with van der Waals surface area (Å²) >= 11 is 0. The van der Waals surface area contributed by atoms with E-state index < -0.39 is 16.1 Å². The van der Waals surface area contributed by atoms with E-state index in [1.54, 1.807) is 36.3 Å². The first-order valence-corrected chi connectivity index (χ1v) is 15.3. The number of anilines is 1. The van der Waals surface area contributed by atoms with Gasteiger partial charge >= 0.3 is 0 Å². The average molecular weight is 562 g/mol. The number of nitrogens with zero attached hydrogens (tertiary/aromatic N) is 2. The number of hydrogen-bond donors (Lipinski definition) is 1. The number of carbonyl (C=O) groups excluding carboxylic acids is 2. The van der Waals surface area contributed by atoms with Crippen LogP contribution in [0.4, 0.5) is 5.69 Å². The van der Waals surface area contributed by atoms with Crippen molar-refractivity contribution in [1.29, 1.82) is 0 Å². The van der Waals surface area contributed by atoms with Crippen LogP contribution in [0.25, 0.3) is 0 Å². The van der Waals surface area contributed by atoms with Crippen LogP contribution in [0.15, 0.2) is 48.5 Å². The first kappa shape index (κ1) is 31.9. The smallest absolute Gasteiger partial charge is 0.243 e. The van der Waals surface area contributed by atoms with Gasteiger partial charge in [0.25, 0.3) is 0 Å². The molecule has 0 heterocycles. The van der Waals surface area contributed by atoms with Crippen LogP contribution in [0, 0.1) is 0 Å². The summed E-state index contributed by atoms with van der Waals surface area (Å²) in [5.74, 6) is 0.694. The molecule has 0 aliphatic carbocycles. The van der Waals surface area contributed by atoms with E-state index in [2.05, 4.69) is 5.32 Å². The van der Waals surface area contributed by atoms with Gasteiger partial charge in [-0.2, -0.15) is 0 Å². The SMILES string of the molecule is CCOc1ccccc1N(CCCC(=O)N(Cc1cccc(OC)c1)[C@@H](CC)C(=O)N[C@@H](C)CC)S(C)(=O)=O. The van der Waals surface area contributed by atoms with E-state index in [0.717, 1.165) is 18.2 Å². The van der Waals surface area contributed by atoms with Gasteiger partial charge in [-0.05, 0) is 62.9 Å². The lowest BCUT2D eigenvalue weighted by Crippen LogP contribution is -2.50. The van der Waals surface area contributed by atoms with Crippen molar-refractivity contribution in [2.24, 2.45) is 0 Å². The van der Waals surface area contributed by atoms with Gasteiger partial charge in [-0.25, -0.2) is 8.42 Å². The van der Waals surface area contributed by atoms with Crippen LogP contribution in [0.5, 0.6) is 11.5 Å². The molecule has 0 bridgehead atoms. The highest BCUT2D eigenvalue weighted by Crippen LogP contribution is 2.30. The average Bonchev–Trinajstić information content (AvgIpc) is 2.91. The third-order valence-corrected chi connectivity index (χ3v) is 7.64. The molecule has 216 valence electrons. The lowest BCUT2D eigenvalue weighted by atomic mass is 10.1. The van der Waals surface area contributed by atoms with E-state index in [1.165, 1.54) is 4.31 Å². The number of benzene rings is 2. The van der Waals surface area contributed by atoms with Crippen molar-refractivity contribution in [3.8, 4) is 11.5 Å². The Morgan fingerprint density at radius 2 is 1.74 bits per heavy atom. The molecule has 0 aromatic heterocycles. The van der Waals surface area contributed by atoms with E-state index >= 15 is 0 Å². The number of sulfonamides is 1. The Labute approximate surface area is 233 Å². The van der Waals surface area contributed by atoms with Gasteiger partial charge < -0.3 is 19.7 Å². The molecule has 39 heavy (non-hydrogen) atoms. The highest BCUT2D eigenvalue weighted by Gasteiger charge is 2.29. The van der Waals surface area contributed by atoms with Gasteiger partial charge in [0.15, 0.2) is 0 Å². The van der Waals surface area contributed by atoms with E-state index in [0.29, 0.717) is 30.2 Å². The highest BCUT2D eigenvalue weighted by molar-refractivity contribution is 7.92. The van der Waals surface area contributed by atoms with E-state index in [1.807, 2.05) is 52.0 Å². The monoisotopic (exact) mass is 561 g/mol. The lowest BCUT2D eigenvalue weighted by molar-refractivity contribution is -0.141. The Hall–Kier alpha value is -3.27. The van der Waals surface area contributed by atoms with Crippen molar-refractivity contribution in [2.45, 2.75) is 72.0 Å². The molecule has 2 atom stereocenters. The second-order valence-electron chi connectivity index (χ2n) is 9.45. The molecular weight excluding hydrogens is 518 g/mol. The van der Waals surface area contributed by atoms with Crippen LogP contribution in [-0.4, -0.2) is 63.7 Å². The Balaban J connectivity index is 2.28. The number of ether oxygens (including phenoxy) is 2. The van der Waals surface area contributed by atoms with Gasteiger partial charge in [0.05, 0.1) is 25.7 Å². The molecule has 0 unspecified atom stereocenters. The number of carbonyl (C=O) groups is 2. The summed E-state index contributed by atoms with van der Waals surface area (Å²) in [4.78, 5) is 28.4. The second-order valence-corrected chi connectivity index (χ2v) is 11.4. The molecule has 2 rings (SSSR count). The molecule has 2 amide bonds. The summed E-state index contributed by atoms with van der Waals surface area (Å²) in [6.45, 7) is 8.34. The molecule has 0 fully saturated rings. The Morgan fingerprint density at radius 3 is 2.36 bits per heavy atom. The molecule has 9 nitrogen and oxygen atoms in total. The number of para-hydroxylation sites is 2. The van der Waals surface area contributed by atoms with Gasteiger partial charge in [-0.15, -0.1) is 0 Å². The summed E-state index contributed by atoms with van der Waals surface area (Å²) in [7, 11) is -2.06. The van der Waals surface area contributed by atoms with Gasteiger partial charge in [0, 0.05) is 25.6 Å². The minimum absolute atomic E-state index is 0.0194. The van der Waals surface area contributed by atoms with Crippen molar-refractivity contribution in [3.63, 3.8) is 0 Å². The highest BCUT2D eigenvalue weighted by atomic mass is 32.2. The van der Waals surface area contributed by atoms with Crippen molar-refractivity contribution in [2.75, 3.05) is 30.8 Å². The molecular formula is C29H43N3O6S. The van der Waals surface area contributed by atoms with Crippen LogP contribution >= 0.6 is 0 Å². The summed E-state index contributed by atoms with van der Waals surface area (Å²) in [6.07, 6.45) is 2.69. The standard InChI is InChI=1S/C29H43N3O6S/c1-7-22(4)30-29(34)25(8-2)31(21-23-14-12-15-24(20-23)37-5)28(33)18-13-19-32(39(6,35)36)26-16-10-11-17-27(26)38-9-3/h10-12,14-17,20,22,25H,7-9,13,18-19,21H2,1-6H3,(H,30,34)/t22-,25-/m0/s1. The molecule has 2 aromatic carbocycles. The largest absolute Gasteiger partial charge is 0.497 e. The maximum absolute atomic E-state index is 13.6. The normalized spacial score (nSPS) is 12.8. The predicted molar refractivity (Wildman–Crippen MR) is 155 cm³/mol. The number of methoxy groups -OCH3 is 1. The maximum Gasteiger partial charge on any atom is 0.243 e. The second kappa shape index (κ2) is 15.4. The van der Waals surface area contributed by atoms with Gasteiger partial charge in [-0.3, -0.25) is 13.9 Å². The fourth-order valence-corrected chi connectivity index (χ4v) is 5.22. The van der Waals surface area contributed by atoms with Crippen LogP contribution in [-0.2, 0) is 26.2 Å². The minimum atomic E-state index is -3.63. The number of rotatable bonds is 16. The van der Waals surface area contributed by atoms with E-state index in [9.17, 15) is 18.0 Å². The Morgan fingerprint density at radius 1 is 1.03 bits per heavy atom. The van der Waals surface area contributed by atoms with Crippen molar-refractivity contribution >= 4 is 27.5 Å². The van der Waals surface area contributed by atoms with Crippen LogP contribution in [0.2, 0.25) is 0 Å². The molecule has 1 N–H and O–H groups in total. The fraction of sp³-hybridized carbons (Fsp3) is 0.517. The third kappa shape index (κ3) is 9.45. The minimum Gasteiger partial charge on any atom is -0.497 e. The van der Waals surface area contributed by atoms with Gasteiger partial charge in [0.2, 0.25) is 21.8 Å². The van der Waals surface area contributed by atoms with E-state index in [-0.39, 0.29) is 43.8 Å². The maximum atomic E-state index is 13.6. The summed E-state index contributed by atoms with van der Waals surface area (Å²) < 4.78 is 37.6. The molecule has 0 saturated carbocycles. The van der Waals surface area contributed by atoms with E-state index in [4.69, 9.17) is 9.47 Å². The topological polar surface area (TPSA) is 105 Å². The predicted octanol–water partition coefficient (Wildman–Crippen LogP) is 4.36. The first-order valence-electron chi connectivity index (χ1n) is 13.5. The molecule has 2 aromatic rings. The molecule has 0 radical (unpaired) electrons. The molecule has 10 heteroatoms. The fourth-order valence-electron chi connectivity index (χ4n) is 4.25. The lowest BCUT2D eigenvalue weighted by Gasteiger charge is -2.32. The van der Waals surface area contributed by atoms with Crippen molar-refractivity contribution in [3.05, 3.63) is 54.1 Å². The Bertz CT molecular complexity index is 1190. The third-order valence-electron chi connectivity index (χ3n) is 6.46. The molecule has 0 aliphatic heterocycles. The zero-order chi connectivity index (χ0) is 29.0. The Kier molecular flexibility index (Phi) is 12.6. The zero-order valence-electron chi connectivity index (χ0n) is 24.0. The number of nitrogens with one attached hydrogen (secondary N) is 1. The van der Waals surface area contributed by atoms with Crippen LogP contribution in [0.3, 0.4) is 0 Å². The first-order chi connectivity index (χ1) is 18.5. The molecule has 0 saturated heterocycles. The number of amides is 2. The van der Waals surface area contributed by atoms with Crippen molar-refractivity contribution < 1.29 is 27.5 Å². The van der Waals surface area contributed by atoms with Crippen molar-refractivity contribution in [1.82, 2.24) is 10.2 Å². The molecule has 0 spiro atoms. The van der Waals surface area contributed by atoms with Crippen LogP contribution in [0.1, 0.15) is 58.9 Å².